The number of nitrogens with zero attached hydrogens (tertiary/aromatic N) is 2. The van der Waals surface area contributed by atoms with Crippen LogP contribution < -0.4 is 10.5 Å². The molecule has 0 saturated heterocycles. The van der Waals surface area contributed by atoms with Gasteiger partial charge in [0.2, 0.25) is 5.82 Å². The van der Waals surface area contributed by atoms with E-state index < -0.39 is 0 Å². The maximum absolute atomic E-state index is 5.66. The molecule has 1 heterocycles. The minimum atomic E-state index is 0.477. The van der Waals surface area contributed by atoms with Gasteiger partial charge in [-0.2, -0.15) is 4.98 Å². The van der Waals surface area contributed by atoms with Crippen molar-refractivity contribution in [3.63, 3.8) is 0 Å². The van der Waals surface area contributed by atoms with E-state index in [0.29, 0.717) is 24.0 Å². The average Bonchev–Trinajstić information content (AvgIpc) is 2.99. The number of nitrogen functional groups attached to an aromatic ring is 1. The predicted molar refractivity (Wildman–Crippen MR) is 80.8 cm³/mol. The zero-order valence-electron chi connectivity index (χ0n) is 11.6. The zero-order chi connectivity index (χ0) is 14.7. The molecule has 106 valence electrons. The van der Waals surface area contributed by atoms with Gasteiger partial charge in [-0.25, -0.2) is 0 Å². The fourth-order valence-electron chi connectivity index (χ4n) is 1.95. The highest BCUT2D eigenvalue weighted by molar-refractivity contribution is 5.62. The van der Waals surface area contributed by atoms with E-state index in [1.807, 2.05) is 55.5 Å². The second-order valence-corrected chi connectivity index (χ2v) is 4.50. The molecular formula is C16H15N3O2. The lowest BCUT2D eigenvalue weighted by Gasteiger charge is -2.02. The highest BCUT2D eigenvalue weighted by Gasteiger charge is 2.10. The largest absolute Gasteiger partial charge is 0.494 e. The Hall–Kier alpha value is -2.82. The van der Waals surface area contributed by atoms with Gasteiger partial charge in [-0.1, -0.05) is 5.16 Å². The van der Waals surface area contributed by atoms with E-state index >= 15 is 0 Å². The van der Waals surface area contributed by atoms with Crippen molar-refractivity contribution in [1.82, 2.24) is 10.1 Å². The molecule has 0 fully saturated rings. The molecule has 2 aromatic carbocycles. The van der Waals surface area contributed by atoms with Crippen LogP contribution in [-0.2, 0) is 0 Å². The summed E-state index contributed by atoms with van der Waals surface area (Å²) in [5.74, 6) is 1.84. The van der Waals surface area contributed by atoms with Crippen LogP contribution in [0.25, 0.3) is 22.8 Å². The molecule has 0 saturated carbocycles. The van der Waals surface area contributed by atoms with E-state index in [-0.39, 0.29) is 0 Å². The smallest absolute Gasteiger partial charge is 0.258 e. The highest BCUT2D eigenvalue weighted by Crippen LogP contribution is 2.24. The Kier molecular flexibility index (Phi) is 3.55. The Balaban J connectivity index is 1.85. The molecule has 0 aliphatic rings. The topological polar surface area (TPSA) is 74.2 Å². The standard InChI is InChI=1S/C16H15N3O2/c1-2-20-14-9-5-12(6-10-14)16-18-15(19-21-16)11-3-7-13(17)8-4-11/h3-10H,2,17H2,1H3. The molecule has 0 spiro atoms. The first kappa shape index (κ1) is 13.2. The van der Waals surface area contributed by atoms with Crippen LogP contribution in [-0.4, -0.2) is 16.7 Å². The quantitative estimate of drug-likeness (QED) is 0.742. The van der Waals surface area contributed by atoms with Crippen molar-refractivity contribution >= 4 is 5.69 Å². The minimum absolute atomic E-state index is 0.477. The lowest BCUT2D eigenvalue weighted by atomic mass is 10.2. The molecule has 0 unspecified atom stereocenters. The first-order chi connectivity index (χ1) is 10.3. The van der Waals surface area contributed by atoms with Gasteiger partial charge in [-0.05, 0) is 55.5 Å². The molecule has 3 aromatic rings. The Morgan fingerprint density at radius 3 is 2.33 bits per heavy atom. The summed E-state index contributed by atoms with van der Waals surface area (Å²) < 4.78 is 10.7. The number of benzene rings is 2. The fourth-order valence-corrected chi connectivity index (χ4v) is 1.95. The summed E-state index contributed by atoms with van der Waals surface area (Å²) in [7, 11) is 0. The second kappa shape index (κ2) is 5.66. The van der Waals surface area contributed by atoms with Crippen LogP contribution >= 0.6 is 0 Å². The van der Waals surface area contributed by atoms with Crippen LogP contribution in [0.4, 0.5) is 5.69 Å². The monoisotopic (exact) mass is 281 g/mol. The SMILES string of the molecule is CCOc1ccc(-c2nc(-c3ccc(N)cc3)no2)cc1. The summed E-state index contributed by atoms with van der Waals surface area (Å²) in [6.07, 6.45) is 0. The van der Waals surface area contributed by atoms with Crippen LogP contribution in [0.15, 0.2) is 53.1 Å². The van der Waals surface area contributed by atoms with Gasteiger partial charge in [0.25, 0.3) is 5.89 Å². The van der Waals surface area contributed by atoms with Crippen LogP contribution in [0.2, 0.25) is 0 Å². The molecule has 0 radical (unpaired) electrons. The van der Waals surface area contributed by atoms with Crippen molar-refractivity contribution in [3.05, 3.63) is 48.5 Å². The Labute approximate surface area is 122 Å². The van der Waals surface area contributed by atoms with Gasteiger partial charge in [-0.3, -0.25) is 0 Å². The summed E-state index contributed by atoms with van der Waals surface area (Å²) in [5.41, 5.74) is 8.09. The van der Waals surface area contributed by atoms with Gasteiger partial charge in [0.15, 0.2) is 0 Å². The molecule has 0 atom stereocenters. The number of anilines is 1. The van der Waals surface area contributed by atoms with Gasteiger partial charge in [-0.15, -0.1) is 0 Å². The van der Waals surface area contributed by atoms with E-state index in [9.17, 15) is 0 Å². The summed E-state index contributed by atoms with van der Waals surface area (Å²) >= 11 is 0. The van der Waals surface area contributed by atoms with Crippen LogP contribution in [0, 0.1) is 0 Å². The van der Waals surface area contributed by atoms with Crippen LogP contribution in [0.3, 0.4) is 0 Å². The summed E-state index contributed by atoms with van der Waals surface area (Å²) in [4.78, 5) is 4.40. The van der Waals surface area contributed by atoms with Gasteiger partial charge >= 0.3 is 0 Å². The second-order valence-electron chi connectivity index (χ2n) is 4.50. The highest BCUT2D eigenvalue weighted by atomic mass is 16.5. The predicted octanol–water partition coefficient (Wildman–Crippen LogP) is 3.38. The lowest BCUT2D eigenvalue weighted by molar-refractivity contribution is 0.340. The van der Waals surface area contributed by atoms with Crippen molar-refractivity contribution in [2.45, 2.75) is 6.92 Å². The third-order valence-electron chi connectivity index (χ3n) is 3.01. The molecule has 0 amide bonds. The van der Waals surface area contributed by atoms with Crippen LogP contribution in [0.5, 0.6) is 5.75 Å². The lowest BCUT2D eigenvalue weighted by Crippen LogP contribution is -1.90. The van der Waals surface area contributed by atoms with Crippen molar-refractivity contribution in [2.24, 2.45) is 0 Å². The molecule has 0 bridgehead atoms. The van der Waals surface area contributed by atoms with E-state index in [1.54, 1.807) is 0 Å². The van der Waals surface area contributed by atoms with Gasteiger partial charge in [0.05, 0.1) is 6.61 Å². The molecule has 1 aromatic heterocycles. The molecule has 0 aliphatic carbocycles. The van der Waals surface area contributed by atoms with Crippen LogP contribution in [0.1, 0.15) is 6.92 Å². The van der Waals surface area contributed by atoms with Crippen molar-refractivity contribution in [1.29, 1.82) is 0 Å². The fraction of sp³-hybridized carbons (Fsp3) is 0.125. The molecule has 2 N–H and O–H groups in total. The average molecular weight is 281 g/mol. The van der Waals surface area contributed by atoms with Crippen molar-refractivity contribution in [3.8, 4) is 28.6 Å². The Bertz CT molecular complexity index is 718. The molecule has 0 aliphatic heterocycles. The first-order valence-corrected chi connectivity index (χ1v) is 6.69. The minimum Gasteiger partial charge on any atom is -0.494 e. The van der Waals surface area contributed by atoms with Gasteiger partial charge in [0.1, 0.15) is 5.75 Å². The number of rotatable bonds is 4. The summed E-state index contributed by atoms with van der Waals surface area (Å²) in [5, 5.41) is 3.99. The molecule has 3 rings (SSSR count). The van der Waals surface area contributed by atoms with E-state index in [4.69, 9.17) is 15.0 Å². The third kappa shape index (κ3) is 2.86. The number of aromatic nitrogens is 2. The maximum Gasteiger partial charge on any atom is 0.258 e. The number of nitrogens with two attached hydrogens (primary N) is 1. The summed E-state index contributed by atoms with van der Waals surface area (Å²) in [6, 6.07) is 14.9. The normalized spacial score (nSPS) is 10.5. The zero-order valence-corrected chi connectivity index (χ0v) is 11.6. The molecule has 5 nitrogen and oxygen atoms in total. The maximum atomic E-state index is 5.66. The first-order valence-electron chi connectivity index (χ1n) is 6.69. The van der Waals surface area contributed by atoms with E-state index in [1.165, 1.54) is 0 Å². The number of hydrogen-bond acceptors (Lipinski definition) is 5. The van der Waals surface area contributed by atoms with Gasteiger partial charge in [0, 0.05) is 16.8 Å². The van der Waals surface area contributed by atoms with E-state index in [0.717, 1.165) is 16.9 Å². The molecule has 21 heavy (non-hydrogen) atoms. The Morgan fingerprint density at radius 1 is 1.00 bits per heavy atom. The third-order valence-corrected chi connectivity index (χ3v) is 3.01. The van der Waals surface area contributed by atoms with Gasteiger partial charge < -0.3 is 15.0 Å². The molecule has 5 heteroatoms. The molecular weight excluding hydrogens is 266 g/mol. The van der Waals surface area contributed by atoms with Crippen molar-refractivity contribution < 1.29 is 9.26 Å². The van der Waals surface area contributed by atoms with Crippen molar-refractivity contribution in [2.75, 3.05) is 12.3 Å². The van der Waals surface area contributed by atoms with E-state index in [2.05, 4.69) is 10.1 Å². The Morgan fingerprint density at radius 2 is 1.67 bits per heavy atom. The number of ether oxygens (including phenoxy) is 1. The summed E-state index contributed by atoms with van der Waals surface area (Å²) in [6.45, 7) is 2.59. The number of hydrogen-bond donors (Lipinski definition) is 1.